The van der Waals surface area contributed by atoms with Gasteiger partial charge in [-0.05, 0) is 19.5 Å². The van der Waals surface area contributed by atoms with Gasteiger partial charge >= 0.3 is 0 Å². The average molecular weight is 393 g/mol. The van der Waals surface area contributed by atoms with Gasteiger partial charge in [-0.15, -0.1) is 22.6 Å². The van der Waals surface area contributed by atoms with Crippen molar-refractivity contribution < 1.29 is 4.79 Å². The van der Waals surface area contributed by atoms with Crippen molar-refractivity contribution in [2.24, 2.45) is 7.05 Å². The fraction of sp³-hybridized carbons (Fsp3) is 0.294. The third kappa shape index (κ3) is 4.87. The minimum absolute atomic E-state index is 0. The van der Waals surface area contributed by atoms with E-state index < -0.39 is 6.04 Å². The Morgan fingerprint density at radius 3 is 2.62 bits per heavy atom. The average Bonchev–Trinajstić information content (AvgIpc) is 3.20. The number of anilines is 1. The third-order valence-electron chi connectivity index (χ3n) is 3.78. The molecule has 0 bridgehead atoms. The molecule has 138 valence electrons. The van der Waals surface area contributed by atoms with Gasteiger partial charge in [0, 0.05) is 25.2 Å². The Kier molecular flexibility index (Phi) is 6.84. The highest BCUT2D eigenvalue weighted by Gasteiger charge is 2.21. The molecule has 2 aromatic heterocycles. The highest BCUT2D eigenvalue weighted by Crippen LogP contribution is 2.21. The molecule has 2 heterocycles. The van der Waals surface area contributed by atoms with Gasteiger partial charge in [0.05, 0.1) is 6.20 Å². The van der Waals surface area contributed by atoms with Crippen LogP contribution in [0, 0.1) is 6.92 Å². The first-order valence-corrected chi connectivity index (χ1v) is 8.71. The lowest BCUT2D eigenvalue weighted by Gasteiger charge is -2.12. The number of nitrogens with zero attached hydrogens (tertiary/aromatic N) is 4. The first kappa shape index (κ1) is 20.0. The number of carbonyl (C=O) groups is 1. The van der Waals surface area contributed by atoms with Crippen LogP contribution in [0.4, 0.5) is 5.13 Å². The highest BCUT2D eigenvalue weighted by atomic mass is 35.5. The molecular weight excluding hydrogens is 372 g/mol. The largest absolute Gasteiger partial charge is 0.305 e. The second kappa shape index (κ2) is 8.88. The summed E-state index contributed by atoms with van der Waals surface area (Å²) in [6, 6.07) is 7.82. The molecule has 0 aliphatic carbocycles. The van der Waals surface area contributed by atoms with E-state index in [2.05, 4.69) is 57.1 Å². The fourth-order valence-corrected chi connectivity index (χ4v) is 3.25. The number of rotatable bonds is 6. The van der Waals surface area contributed by atoms with Crippen LogP contribution in [0.25, 0.3) is 0 Å². The molecule has 26 heavy (non-hydrogen) atoms. The molecule has 1 unspecified atom stereocenters. The summed E-state index contributed by atoms with van der Waals surface area (Å²) in [5, 5.41) is 19.5. The van der Waals surface area contributed by atoms with Crippen LogP contribution >= 0.6 is 23.7 Å². The maximum absolute atomic E-state index is 12.5. The van der Waals surface area contributed by atoms with Crippen molar-refractivity contribution in [2.75, 3.05) is 12.4 Å². The molecule has 9 heteroatoms. The lowest BCUT2D eigenvalue weighted by atomic mass is 10.1. The van der Waals surface area contributed by atoms with Gasteiger partial charge in [0.15, 0.2) is 0 Å². The number of nitrogens with one attached hydrogen (secondary N) is 2. The van der Waals surface area contributed by atoms with Gasteiger partial charge in [-0.25, -0.2) is 0 Å². The van der Waals surface area contributed by atoms with Crippen molar-refractivity contribution in [2.45, 2.75) is 19.4 Å². The number of likely N-dealkylation sites (N-methyl/N-ethyl adjacent to an activating group) is 1. The summed E-state index contributed by atoms with van der Waals surface area (Å²) in [6.07, 6.45) is 4.18. The van der Waals surface area contributed by atoms with Crippen LogP contribution in [-0.2, 0) is 18.3 Å². The maximum Gasteiger partial charge on any atom is 0.248 e. The predicted octanol–water partition coefficient (Wildman–Crippen LogP) is 2.49. The molecule has 1 aromatic carbocycles. The van der Waals surface area contributed by atoms with Gasteiger partial charge in [-0.2, -0.15) is 5.10 Å². The molecule has 2 N–H and O–H groups in total. The minimum atomic E-state index is -0.488. The van der Waals surface area contributed by atoms with Crippen molar-refractivity contribution in [3.05, 3.63) is 58.4 Å². The van der Waals surface area contributed by atoms with Crippen LogP contribution < -0.4 is 10.6 Å². The van der Waals surface area contributed by atoms with Crippen LogP contribution in [0.1, 0.15) is 27.7 Å². The van der Waals surface area contributed by atoms with Gasteiger partial charge in [0.1, 0.15) is 11.0 Å². The topological polar surface area (TPSA) is 84.7 Å². The van der Waals surface area contributed by atoms with Gasteiger partial charge in [0.2, 0.25) is 11.0 Å². The Balaban J connectivity index is 0.00000243. The van der Waals surface area contributed by atoms with Gasteiger partial charge < -0.3 is 5.32 Å². The standard InChI is InChI=1S/C17H20N6OS.ClH/c1-11-4-6-12(7-5-11)8-14-21-22-17(25-14)20-16(24)15(18-2)13-9-19-23(3)10-13;/h4-7,9-10,15,18H,8H2,1-3H3,(H,20,22,24);1H. The molecule has 1 amide bonds. The summed E-state index contributed by atoms with van der Waals surface area (Å²) >= 11 is 1.39. The molecule has 0 aliphatic rings. The van der Waals surface area contributed by atoms with E-state index in [-0.39, 0.29) is 18.3 Å². The Hall–Kier alpha value is -2.29. The van der Waals surface area contributed by atoms with Crippen LogP contribution in [0.3, 0.4) is 0 Å². The van der Waals surface area contributed by atoms with E-state index in [9.17, 15) is 4.79 Å². The van der Waals surface area contributed by atoms with Crippen LogP contribution in [0.15, 0.2) is 36.7 Å². The van der Waals surface area contributed by atoms with Crippen molar-refractivity contribution >= 4 is 34.8 Å². The number of carbonyl (C=O) groups excluding carboxylic acids is 1. The molecule has 3 aromatic rings. The number of amides is 1. The first-order chi connectivity index (χ1) is 12.0. The zero-order chi connectivity index (χ0) is 17.8. The number of aromatic nitrogens is 4. The third-order valence-corrected chi connectivity index (χ3v) is 4.62. The van der Waals surface area contributed by atoms with Gasteiger partial charge in [-0.1, -0.05) is 41.2 Å². The van der Waals surface area contributed by atoms with Gasteiger partial charge in [-0.3, -0.25) is 14.8 Å². The number of benzene rings is 1. The number of aryl methyl sites for hydroxylation is 2. The molecule has 0 saturated carbocycles. The molecular formula is C17H21ClN6OS. The predicted molar refractivity (Wildman–Crippen MR) is 105 cm³/mol. The first-order valence-electron chi connectivity index (χ1n) is 7.90. The summed E-state index contributed by atoms with van der Waals surface area (Å²) in [4.78, 5) is 12.5. The van der Waals surface area contributed by atoms with Crippen LogP contribution in [-0.4, -0.2) is 32.9 Å². The van der Waals surface area contributed by atoms with Crippen LogP contribution in [0.5, 0.6) is 0 Å². The highest BCUT2D eigenvalue weighted by molar-refractivity contribution is 7.15. The van der Waals surface area contributed by atoms with Gasteiger partial charge in [0.25, 0.3) is 0 Å². The van der Waals surface area contributed by atoms with E-state index in [1.807, 2.05) is 13.2 Å². The van der Waals surface area contributed by atoms with E-state index in [0.29, 0.717) is 11.6 Å². The second-order valence-electron chi connectivity index (χ2n) is 5.82. The lowest BCUT2D eigenvalue weighted by Crippen LogP contribution is -2.30. The summed E-state index contributed by atoms with van der Waals surface area (Å²) in [6.45, 7) is 2.06. The quantitative estimate of drug-likeness (QED) is 0.673. The van der Waals surface area contributed by atoms with Crippen molar-refractivity contribution in [1.29, 1.82) is 0 Å². The zero-order valence-electron chi connectivity index (χ0n) is 14.8. The summed E-state index contributed by atoms with van der Waals surface area (Å²) in [7, 11) is 3.55. The maximum atomic E-state index is 12.5. The molecule has 7 nitrogen and oxygen atoms in total. The Bertz CT molecular complexity index is 860. The smallest absolute Gasteiger partial charge is 0.248 e. The molecule has 0 spiro atoms. The van der Waals surface area contributed by atoms with E-state index in [1.165, 1.54) is 22.5 Å². The van der Waals surface area contributed by atoms with Crippen molar-refractivity contribution in [3.63, 3.8) is 0 Å². The zero-order valence-corrected chi connectivity index (χ0v) is 16.4. The summed E-state index contributed by atoms with van der Waals surface area (Å²) < 4.78 is 1.66. The minimum Gasteiger partial charge on any atom is -0.305 e. The van der Waals surface area contributed by atoms with E-state index >= 15 is 0 Å². The molecule has 0 fully saturated rings. The molecule has 3 rings (SSSR count). The number of halogens is 1. The summed E-state index contributed by atoms with van der Waals surface area (Å²) in [5.41, 5.74) is 3.19. The fourth-order valence-electron chi connectivity index (χ4n) is 2.47. The second-order valence-corrected chi connectivity index (χ2v) is 6.88. The molecule has 0 radical (unpaired) electrons. The van der Waals surface area contributed by atoms with Crippen LogP contribution in [0.2, 0.25) is 0 Å². The summed E-state index contributed by atoms with van der Waals surface area (Å²) in [5.74, 6) is -0.187. The Morgan fingerprint density at radius 1 is 1.27 bits per heavy atom. The Morgan fingerprint density at radius 2 is 2.00 bits per heavy atom. The van der Waals surface area contributed by atoms with Crippen molar-refractivity contribution in [1.82, 2.24) is 25.3 Å². The lowest BCUT2D eigenvalue weighted by molar-refractivity contribution is -0.118. The molecule has 0 aliphatic heterocycles. The normalized spacial score (nSPS) is 11.7. The van der Waals surface area contributed by atoms with E-state index in [0.717, 1.165) is 10.6 Å². The van der Waals surface area contributed by atoms with E-state index in [1.54, 1.807) is 17.9 Å². The SMILES string of the molecule is CNC(C(=O)Nc1nnc(Cc2ccc(C)cc2)s1)c1cnn(C)c1.Cl. The molecule has 0 saturated heterocycles. The van der Waals surface area contributed by atoms with Crippen molar-refractivity contribution in [3.8, 4) is 0 Å². The molecule has 1 atom stereocenters. The van der Waals surface area contributed by atoms with E-state index in [4.69, 9.17) is 0 Å². The number of hydrogen-bond donors (Lipinski definition) is 2. The monoisotopic (exact) mass is 392 g/mol. The number of hydrogen-bond acceptors (Lipinski definition) is 6. The Labute approximate surface area is 162 Å².